The van der Waals surface area contributed by atoms with E-state index >= 15 is 0 Å². The van der Waals surface area contributed by atoms with Gasteiger partial charge < -0.3 is 4.79 Å². The lowest BCUT2D eigenvalue weighted by atomic mass is 10.1. The molecule has 0 saturated carbocycles. The van der Waals surface area contributed by atoms with Crippen LogP contribution in [-0.2, 0) is 16.0 Å². The Morgan fingerprint density at radius 1 is 1.20 bits per heavy atom. The molecule has 0 saturated heterocycles. The lowest BCUT2D eigenvalue weighted by Crippen LogP contribution is -1.94. The molecule has 2 nitrogen and oxygen atoms in total. The van der Waals surface area contributed by atoms with E-state index in [-0.39, 0.29) is 20.6 Å². The molecule has 0 aliphatic rings. The molecule has 0 N–H and O–H groups in total. The molecule has 1 aromatic carbocycles. The first-order chi connectivity index (χ1) is 6.20. The Morgan fingerprint density at radius 3 is 1.93 bits per heavy atom. The monoisotopic (exact) mass is 210 g/mol. The lowest BCUT2D eigenvalue weighted by Gasteiger charge is -1.93. The van der Waals surface area contributed by atoms with Gasteiger partial charge in [0.15, 0.2) is 0 Å². The van der Waals surface area contributed by atoms with E-state index < -0.39 is 0 Å². The first-order valence-corrected chi connectivity index (χ1v) is 4.13. The number of Topliss-reactive ketones (excluding diaryl/α,β-unsaturated/α-hetero) is 1. The van der Waals surface area contributed by atoms with E-state index in [4.69, 9.17) is 4.79 Å². The summed E-state index contributed by atoms with van der Waals surface area (Å²) >= 11 is 0. The summed E-state index contributed by atoms with van der Waals surface area (Å²) in [7, 11) is 0. The molecule has 0 atom stereocenters. The Hall–Kier alpha value is -1.44. The molecule has 0 aliphatic carbocycles. The molecule has 0 amide bonds. The normalized spacial score (nSPS) is 7.07. The smallest absolute Gasteiger partial charge is 0.134 e. The molecule has 0 aromatic heterocycles. The van der Waals surface area contributed by atoms with E-state index in [1.54, 1.807) is 6.92 Å². The average Bonchev–Trinajstić information content (AvgIpc) is 2.06. The summed E-state index contributed by atoms with van der Waals surface area (Å²) in [6.07, 6.45) is 1.31. The number of ketones is 1. The minimum atomic E-state index is 0. The van der Waals surface area contributed by atoms with Crippen LogP contribution in [0.5, 0.6) is 0 Å². The molecule has 0 heterocycles. The highest BCUT2D eigenvalue weighted by Crippen LogP contribution is 1.98. The second-order valence-electron chi connectivity index (χ2n) is 2.60. The van der Waals surface area contributed by atoms with E-state index in [1.807, 2.05) is 30.3 Å². The van der Waals surface area contributed by atoms with Crippen LogP contribution in [0.25, 0.3) is 0 Å². The minimum Gasteiger partial charge on any atom is -0.304 e. The summed E-state index contributed by atoms with van der Waals surface area (Å²) in [5.41, 5.74) is 1.09. The van der Waals surface area contributed by atoms with Crippen molar-refractivity contribution in [2.75, 3.05) is 0 Å². The standard InChI is InChI=1S/C9H10O.C2H4O.2CH4/c1-8(10)7-9-5-3-2-4-6-9;1-2-3;;/h2-6H,7H2,1H3;2H,1H3;2*1H4. The average molecular weight is 210 g/mol. The molecule has 0 radical (unpaired) electrons. The predicted octanol–water partition coefficient (Wildman–Crippen LogP) is 3.30. The molecule has 0 aliphatic heterocycles. The van der Waals surface area contributed by atoms with Crippen molar-refractivity contribution in [3.05, 3.63) is 35.9 Å². The van der Waals surface area contributed by atoms with Gasteiger partial charge in [-0.25, -0.2) is 0 Å². The van der Waals surface area contributed by atoms with Crippen molar-refractivity contribution >= 4 is 12.1 Å². The first kappa shape index (κ1) is 19.2. The third-order valence-electron chi connectivity index (χ3n) is 1.30. The van der Waals surface area contributed by atoms with Crippen LogP contribution < -0.4 is 0 Å². The fourth-order valence-electron chi connectivity index (χ4n) is 0.883. The van der Waals surface area contributed by atoms with Gasteiger partial charge in [0.2, 0.25) is 0 Å². The topological polar surface area (TPSA) is 34.1 Å². The van der Waals surface area contributed by atoms with E-state index in [2.05, 4.69) is 0 Å². The molecule has 0 spiro atoms. The molecular formula is C13H22O2. The van der Waals surface area contributed by atoms with Gasteiger partial charge in [-0.3, -0.25) is 4.79 Å². The van der Waals surface area contributed by atoms with Crippen LogP contribution in [-0.4, -0.2) is 12.1 Å². The van der Waals surface area contributed by atoms with Crippen molar-refractivity contribution in [1.82, 2.24) is 0 Å². The molecule has 1 rings (SSSR count). The number of carbonyl (C=O) groups excluding carboxylic acids is 2. The number of hydrogen-bond acceptors (Lipinski definition) is 2. The maximum Gasteiger partial charge on any atom is 0.134 e. The highest BCUT2D eigenvalue weighted by molar-refractivity contribution is 5.78. The van der Waals surface area contributed by atoms with E-state index in [1.165, 1.54) is 6.92 Å². The molecular weight excluding hydrogens is 188 g/mol. The van der Waals surface area contributed by atoms with Crippen molar-refractivity contribution in [2.24, 2.45) is 0 Å². The second-order valence-corrected chi connectivity index (χ2v) is 2.60. The molecule has 86 valence electrons. The van der Waals surface area contributed by atoms with Crippen LogP contribution in [0.15, 0.2) is 30.3 Å². The Kier molecular flexibility index (Phi) is 16.1. The number of aldehydes is 1. The minimum absolute atomic E-state index is 0. The van der Waals surface area contributed by atoms with Gasteiger partial charge in [0.05, 0.1) is 0 Å². The number of rotatable bonds is 2. The van der Waals surface area contributed by atoms with Gasteiger partial charge in [-0.15, -0.1) is 0 Å². The van der Waals surface area contributed by atoms with Gasteiger partial charge in [0.25, 0.3) is 0 Å². The maximum absolute atomic E-state index is 10.6. The zero-order valence-corrected chi connectivity index (χ0v) is 7.99. The molecule has 0 unspecified atom stereocenters. The summed E-state index contributed by atoms with van der Waals surface area (Å²) < 4.78 is 0. The second kappa shape index (κ2) is 12.6. The summed E-state index contributed by atoms with van der Waals surface area (Å²) in [6, 6.07) is 9.75. The van der Waals surface area contributed by atoms with Crippen molar-refractivity contribution in [3.8, 4) is 0 Å². The molecule has 0 fully saturated rings. The van der Waals surface area contributed by atoms with Crippen LogP contribution in [0.1, 0.15) is 34.3 Å². The molecule has 15 heavy (non-hydrogen) atoms. The Morgan fingerprint density at radius 2 is 1.60 bits per heavy atom. The number of hydrogen-bond donors (Lipinski definition) is 0. The third-order valence-corrected chi connectivity index (χ3v) is 1.30. The number of carbonyl (C=O) groups is 2. The SMILES string of the molecule is C.C.CC(=O)Cc1ccccc1.CC=O. The lowest BCUT2D eigenvalue weighted by molar-refractivity contribution is -0.116. The van der Waals surface area contributed by atoms with Gasteiger partial charge in [-0.1, -0.05) is 45.2 Å². The van der Waals surface area contributed by atoms with Gasteiger partial charge in [-0.2, -0.15) is 0 Å². The zero-order chi connectivity index (χ0) is 10.1. The van der Waals surface area contributed by atoms with E-state index in [0.717, 1.165) is 11.8 Å². The third kappa shape index (κ3) is 12.6. The van der Waals surface area contributed by atoms with Crippen LogP contribution >= 0.6 is 0 Å². The van der Waals surface area contributed by atoms with Crippen molar-refractivity contribution in [2.45, 2.75) is 35.1 Å². The molecule has 1 aromatic rings. The Balaban J connectivity index is -0.000000260. The molecule has 0 bridgehead atoms. The van der Waals surface area contributed by atoms with Crippen LogP contribution in [0.3, 0.4) is 0 Å². The van der Waals surface area contributed by atoms with Crippen LogP contribution in [0.2, 0.25) is 0 Å². The van der Waals surface area contributed by atoms with E-state index in [0.29, 0.717) is 6.42 Å². The quantitative estimate of drug-likeness (QED) is 0.702. The summed E-state index contributed by atoms with van der Waals surface area (Å²) in [5.74, 6) is 0.214. The van der Waals surface area contributed by atoms with Gasteiger partial charge >= 0.3 is 0 Å². The number of benzene rings is 1. The zero-order valence-electron chi connectivity index (χ0n) is 7.99. The summed E-state index contributed by atoms with van der Waals surface area (Å²) in [6.45, 7) is 3.05. The van der Waals surface area contributed by atoms with Crippen LogP contribution in [0, 0.1) is 0 Å². The van der Waals surface area contributed by atoms with Crippen molar-refractivity contribution in [1.29, 1.82) is 0 Å². The van der Waals surface area contributed by atoms with E-state index in [9.17, 15) is 4.79 Å². The summed E-state index contributed by atoms with van der Waals surface area (Å²) in [4.78, 5) is 19.4. The maximum atomic E-state index is 10.6. The van der Waals surface area contributed by atoms with Crippen molar-refractivity contribution < 1.29 is 9.59 Å². The summed E-state index contributed by atoms with van der Waals surface area (Å²) in [5, 5.41) is 0. The first-order valence-electron chi connectivity index (χ1n) is 4.13. The van der Waals surface area contributed by atoms with Gasteiger partial charge in [0.1, 0.15) is 12.1 Å². The van der Waals surface area contributed by atoms with Gasteiger partial charge in [0, 0.05) is 6.42 Å². The fourth-order valence-corrected chi connectivity index (χ4v) is 0.883. The Bertz CT molecular complexity index is 252. The largest absolute Gasteiger partial charge is 0.304 e. The van der Waals surface area contributed by atoms with Crippen molar-refractivity contribution in [3.63, 3.8) is 0 Å². The van der Waals surface area contributed by atoms with Crippen LogP contribution in [0.4, 0.5) is 0 Å². The Labute approximate surface area is 93.3 Å². The van der Waals surface area contributed by atoms with Gasteiger partial charge in [-0.05, 0) is 19.4 Å². The molecule has 2 heteroatoms. The predicted molar refractivity (Wildman–Crippen MR) is 66.0 cm³/mol. The highest BCUT2D eigenvalue weighted by Gasteiger charge is 1.93. The highest BCUT2D eigenvalue weighted by atomic mass is 16.1. The fraction of sp³-hybridized carbons (Fsp3) is 0.385.